The van der Waals surface area contributed by atoms with Crippen LogP contribution in [-0.4, -0.2) is 146 Å². The summed E-state index contributed by atoms with van der Waals surface area (Å²) in [4.78, 5) is 35.8. The van der Waals surface area contributed by atoms with Crippen molar-refractivity contribution in [1.29, 1.82) is 0 Å². The predicted octanol–water partition coefficient (Wildman–Crippen LogP) is 4.81. The van der Waals surface area contributed by atoms with Crippen molar-refractivity contribution in [2.24, 2.45) is 29.2 Å². The first-order valence-corrected chi connectivity index (χ1v) is 24.8. The third-order valence-corrected chi connectivity index (χ3v) is 16.5. The number of fused-ring (bicyclic) bond motifs is 5. The summed E-state index contributed by atoms with van der Waals surface area (Å²) in [5.41, 5.74) is 4.88. The van der Waals surface area contributed by atoms with Crippen LogP contribution in [0.25, 0.3) is 0 Å². The molecule has 15 nitrogen and oxygen atoms in total. The van der Waals surface area contributed by atoms with Crippen LogP contribution in [0.5, 0.6) is 11.6 Å². The van der Waals surface area contributed by atoms with Gasteiger partial charge in [-0.2, -0.15) is 0 Å². The molecule has 64 heavy (non-hydrogen) atoms. The molecule has 346 valence electrons. The van der Waals surface area contributed by atoms with E-state index in [1.165, 1.54) is 34.7 Å². The summed E-state index contributed by atoms with van der Waals surface area (Å²) < 4.78 is 54.8. The first-order valence-electron chi connectivity index (χ1n) is 23.1. The van der Waals surface area contributed by atoms with Gasteiger partial charge in [0.15, 0.2) is 0 Å². The van der Waals surface area contributed by atoms with Crippen LogP contribution >= 0.6 is 0 Å². The van der Waals surface area contributed by atoms with E-state index in [1.54, 1.807) is 20.2 Å². The van der Waals surface area contributed by atoms with Crippen LogP contribution in [0.15, 0.2) is 59.1 Å². The van der Waals surface area contributed by atoms with E-state index in [0.717, 1.165) is 96.8 Å². The Balaban J connectivity index is 1.07. The smallest absolute Gasteiger partial charge is 0.286 e. The summed E-state index contributed by atoms with van der Waals surface area (Å²) in [6, 6.07) is 12.6. The van der Waals surface area contributed by atoms with Crippen molar-refractivity contribution in [3.63, 3.8) is 0 Å². The van der Waals surface area contributed by atoms with Crippen LogP contribution in [0, 0.1) is 24.7 Å². The summed E-state index contributed by atoms with van der Waals surface area (Å²) in [5.74, 6) is -0.662. The Bertz CT molecular complexity index is 2360. The van der Waals surface area contributed by atoms with Gasteiger partial charge in [-0.3, -0.25) is 28.8 Å². The van der Waals surface area contributed by atoms with E-state index in [-0.39, 0.29) is 40.2 Å². The Morgan fingerprint density at radius 1 is 1.06 bits per heavy atom. The van der Waals surface area contributed by atoms with Crippen molar-refractivity contribution in [1.82, 2.24) is 24.3 Å². The number of hydrogen-bond acceptors (Lipinski definition) is 12. The molecule has 2 aromatic carbocycles. The second-order valence-electron chi connectivity index (χ2n) is 19.0. The number of nitrogens with zero attached hydrogens (tertiary/aromatic N) is 6. The van der Waals surface area contributed by atoms with Crippen LogP contribution in [0.2, 0.25) is 0 Å². The molecule has 2 aliphatic carbocycles. The number of ether oxygens (including phenoxy) is 5. The fourth-order valence-electron chi connectivity index (χ4n) is 11.0. The minimum atomic E-state index is -3.78. The average molecular weight is 900 g/mol. The van der Waals surface area contributed by atoms with Gasteiger partial charge in [0.05, 0.1) is 57.2 Å². The maximum atomic E-state index is 15.3. The highest BCUT2D eigenvalue weighted by atomic mass is 32.2. The Hall–Kier alpha value is -4.32. The highest BCUT2D eigenvalue weighted by Crippen LogP contribution is 2.47. The molecular weight excluding hydrogens is 835 g/mol. The summed E-state index contributed by atoms with van der Waals surface area (Å²) in [6.07, 6.45) is 10.1. The maximum absolute atomic E-state index is 15.3. The van der Waals surface area contributed by atoms with Gasteiger partial charge in [-0.25, -0.2) is 4.21 Å². The molecule has 3 fully saturated rings. The molecule has 2 bridgehead atoms. The monoisotopic (exact) mass is 899 g/mol. The van der Waals surface area contributed by atoms with Crippen molar-refractivity contribution >= 4 is 27.4 Å². The Morgan fingerprint density at radius 3 is 2.73 bits per heavy atom. The first-order chi connectivity index (χ1) is 30.9. The molecule has 6 aliphatic rings. The lowest BCUT2D eigenvalue weighted by atomic mass is 9.68. The topological polar surface area (TPSA) is 149 Å². The molecule has 5 heterocycles. The largest absolute Gasteiger partial charge is 0.490 e. The summed E-state index contributed by atoms with van der Waals surface area (Å²) in [6.45, 7) is 12.6. The molecule has 8 atom stereocenters. The quantitative estimate of drug-likeness (QED) is 0.310. The second kappa shape index (κ2) is 18.9. The van der Waals surface area contributed by atoms with Crippen LogP contribution in [-0.2, 0) is 43.0 Å². The van der Waals surface area contributed by atoms with Crippen molar-refractivity contribution in [3.05, 3.63) is 82.6 Å². The standard InChI is InChI=1S/C48H65N7O8S/c1-32-8-12-40-34(23-32)7-6-16-48(40)30-55-25-36-9-11-38(36)43(59-4)15-14-42(62-22-19-53-17-18-54-20-21-61-28-37(54)26-53)33(2)29-64(58,51-46(57)39-27-52(3)49-47(39)60-5)50-45(56)35-10-13-44(63-31-48)41(55)24-35/h8,10,12-15,23-24,27,33,36-38,42-43H,6-7,9,11,16-22,25-26,28-31H2,1-5H3,(H,50,51,56,57,58)/b15-14+/t33-,36+,37+,38-,42+,43+,48+,64?/m1/s1. The number of nitrogens with one attached hydrogen (secondary N) is 1. The van der Waals surface area contributed by atoms with E-state index >= 15 is 4.21 Å². The first kappa shape index (κ1) is 44.9. The number of benzene rings is 2. The van der Waals surface area contributed by atoms with Crippen LogP contribution in [0.4, 0.5) is 5.69 Å². The van der Waals surface area contributed by atoms with Crippen molar-refractivity contribution in [2.45, 2.75) is 69.6 Å². The third kappa shape index (κ3) is 9.36. The summed E-state index contributed by atoms with van der Waals surface area (Å²) >= 11 is 0. The normalized spacial score (nSPS) is 31.6. The zero-order valence-electron chi connectivity index (χ0n) is 38.0. The molecule has 1 spiro atoms. The van der Waals surface area contributed by atoms with Crippen molar-refractivity contribution in [3.8, 4) is 11.6 Å². The van der Waals surface area contributed by atoms with Gasteiger partial charge in [-0.05, 0) is 80.2 Å². The SMILES string of the molecule is COc1nn(C)cc1C(=O)NS1(=O)=NC(=O)c2ccc3c(c2)N(C[C@@H]2CC[C@H]2[C@@H](OC)/C=C/[C@H](OCCN2CCN4CCOC[C@@H]4C2)[C@H](C)C1)C[C@@]1(CCCc2cc(C)ccc21)CO3. The number of methoxy groups -OCH3 is 2. The highest BCUT2D eigenvalue weighted by molar-refractivity contribution is 7.92. The molecule has 4 aliphatic heterocycles. The average Bonchev–Trinajstić information content (AvgIpc) is 3.60. The van der Waals surface area contributed by atoms with E-state index in [1.807, 2.05) is 25.1 Å². The lowest BCUT2D eigenvalue weighted by Gasteiger charge is -2.46. The molecule has 0 radical (unpaired) electrons. The van der Waals surface area contributed by atoms with Crippen LogP contribution < -0.4 is 19.1 Å². The summed E-state index contributed by atoms with van der Waals surface area (Å²) in [5, 5.41) is 4.23. The van der Waals surface area contributed by atoms with E-state index in [4.69, 9.17) is 23.7 Å². The number of carbonyl (C=O) groups is 2. The molecule has 1 aromatic heterocycles. The van der Waals surface area contributed by atoms with E-state index in [0.29, 0.717) is 30.9 Å². The lowest BCUT2D eigenvalue weighted by molar-refractivity contribution is -0.0513. The lowest BCUT2D eigenvalue weighted by Crippen LogP contribution is -2.58. The molecule has 9 rings (SSSR count). The van der Waals surface area contributed by atoms with Crippen LogP contribution in [0.3, 0.4) is 0 Å². The number of carbonyl (C=O) groups excluding carboxylic acids is 2. The molecule has 1 saturated carbocycles. The number of anilines is 1. The fraction of sp³-hybridized carbons (Fsp3) is 0.604. The molecule has 16 heteroatoms. The van der Waals surface area contributed by atoms with E-state index < -0.39 is 33.8 Å². The van der Waals surface area contributed by atoms with E-state index in [9.17, 15) is 9.59 Å². The van der Waals surface area contributed by atoms with Gasteiger partial charge < -0.3 is 28.6 Å². The molecule has 1 N–H and O–H groups in total. The minimum absolute atomic E-state index is 0.0691. The summed E-state index contributed by atoms with van der Waals surface area (Å²) in [7, 11) is 1.07. The number of piperazine rings is 1. The van der Waals surface area contributed by atoms with Gasteiger partial charge in [0.1, 0.15) is 21.2 Å². The molecule has 2 saturated heterocycles. The molecular formula is C48H65N7O8S. The second-order valence-corrected chi connectivity index (χ2v) is 21.0. The highest BCUT2D eigenvalue weighted by Gasteiger charge is 2.45. The Kier molecular flexibility index (Phi) is 13.2. The number of rotatable bonds is 8. The van der Waals surface area contributed by atoms with E-state index in [2.05, 4.69) is 60.1 Å². The zero-order valence-corrected chi connectivity index (χ0v) is 38.9. The third-order valence-electron chi connectivity index (χ3n) is 14.6. The molecule has 1 unspecified atom stereocenters. The van der Waals surface area contributed by atoms with Crippen LogP contribution in [0.1, 0.15) is 70.0 Å². The Morgan fingerprint density at radius 2 is 1.92 bits per heavy atom. The minimum Gasteiger partial charge on any atom is -0.490 e. The van der Waals surface area contributed by atoms with Crippen molar-refractivity contribution < 1.29 is 37.5 Å². The number of aromatic nitrogens is 2. The van der Waals surface area contributed by atoms with Crippen molar-refractivity contribution in [2.75, 3.05) is 97.1 Å². The van der Waals surface area contributed by atoms with Gasteiger partial charge in [0.25, 0.3) is 11.8 Å². The van der Waals surface area contributed by atoms with Gasteiger partial charge >= 0.3 is 0 Å². The van der Waals surface area contributed by atoms with Gasteiger partial charge in [-0.1, -0.05) is 42.8 Å². The molecule has 2 amide bonds. The van der Waals surface area contributed by atoms with Gasteiger partial charge in [-0.15, -0.1) is 9.46 Å². The Labute approximate surface area is 378 Å². The van der Waals surface area contributed by atoms with Gasteiger partial charge in [0.2, 0.25) is 5.88 Å². The predicted molar refractivity (Wildman–Crippen MR) is 245 cm³/mol. The molecule has 3 aromatic rings. The number of aryl methyl sites for hydroxylation is 3. The maximum Gasteiger partial charge on any atom is 0.286 e. The zero-order chi connectivity index (χ0) is 44.6. The fourth-order valence-corrected chi connectivity index (χ4v) is 12.9. The number of amides is 2. The number of morpholine rings is 1. The van der Waals surface area contributed by atoms with Gasteiger partial charge in [0, 0.05) is 89.1 Å². The number of hydrogen-bond donors (Lipinski definition) is 1.